The third-order valence-corrected chi connectivity index (χ3v) is 5.87. The maximum Gasteiger partial charge on any atom is 0.410 e. The molecule has 4 amide bonds. The average molecular weight is 477 g/mol. The molecule has 2 aliphatic heterocycles. The molecule has 10 heteroatoms. The molecule has 2 heterocycles. The second kappa shape index (κ2) is 11.5. The standard InChI is InChI=1S/C24H36N4O6/c1-24(2,3)34-26-22(31)27-13-11-18(12-14-27)25-21(30)20-10-9-19(29)15-28(20)23(32)33-16-17-7-5-4-6-8-17/h4-8,18-20,29H,9-16H2,1-3H3,(H,25,30)(H,26,31)/t19-,20-/m1/s1. The summed E-state index contributed by atoms with van der Waals surface area (Å²) < 4.78 is 5.41. The van der Waals surface area contributed by atoms with E-state index >= 15 is 0 Å². The largest absolute Gasteiger partial charge is 0.445 e. The van der Waals surface area contributed by atoms with Gasteiger partial charge in [0.25, 0.3) is 0 Å². The van der Waals surface area contributed by atoms with E-state index in [4.69, 9.17) is 9.57 Å². The number of ether oxygens (including phenoxy) is 1. The molecule has 188 valence electrons. The van der Waals surface area contributed by atoms with Crippen LogP contribution in [-0.4, -0.2) is 76.4 Å². The van der Waals surface area contributed by atoms with Gasteiger partial charge in [-0.25, -0.2) is 15.1 Å². The molecule has 0 bridgehead atoms. The predicted molar refractivity (Wildman–Crippen MR) is 124 cm³/mol. The molecule has 0 saturated carbocycles. The molecule has 1 aromatic carbocycles. The predicted octanol–water partition coefficient (Wildman–Crippen LogP) is 2.17. The monoisotopic (exact) mass is 476 g/mol. The number of hydrogen-bond acceptors (Lipinski definition) is 6. The van der Waals surface area contributed by atoms with Crippen LogP contribution in [0, 0.1) is 0 Å². The lowest BCUT2D eigenvalue weighted by Crippen LogP contribution is -2.58. The van der Waals surface area contributed by atoms with E-state index in [0.717, 1.165) is 5.56 Å². The molecule has 0 radical (unpaired) electrons. The van der Waals surface area contributed by atoms with E-state index in [9.17, 15) is 19.5 Å². The third-order valence-electron chi connectivity index (χ3n) is 5.87. The number of carbonyl (C=O) groups is 3. The maximum absolute atomic E-state index is 13.0. The van der Waals surface area contributed by atoms with Crippen LogP contribution in [0.1, 0.15) is 52.0 Å². The minimum Gasteiger partial charge on any atom is -0.445 e. The van der Waals surface area contributed by atoms with Crippen molar-refractivity contribution in [2.75, 3.05) is 19.6 Å². The molecular weight excluding hydrogens is 440 g/mol. The summed E-state index contributed by atoms with van der Waals surface area (Å²) in [6, 6.07) is 8.20. The average Bonchev–Trinajstić information content (AvgIpc) is 2.81. The van der Waals surface area contributed by atoms with Crippen molar-refractivity contribution >= 4 is 18.0 Å². The van der Waals surface area contributed by atoms with Crippen LogP contribution in [0.25, 0.3) is 0 Å². The third kappa shape index (κ3) is 7.59. The van der Waals surface area contributed by atoms with Gasteiger partial charge in [-0.1, -0.05) is 30.3 Å². The first-order chi connectivity index (χ1) is 16.1. The molecule has 0 aromatic heterocycles. The Labute approximate surface area is 200 Å². The van der Waals surface area contributed by atoms with Crippen LogP contribution in [-0.2, 0) is 21.0 Å². The van der Waals surface area contributed by atoms with Crippen LogP contribution >= 0.6 is 0 Å². The summed E-state index contributed by atoms with van der Waals surface area (Å²) in [6.45, 7) is 6.66. The molecule has 2 atom stereocenters. The number of urea groups is 1. The Bertz CT molecular complexity index is 836. The molecular formula is C24H36N4O6. The second-order valence-corrected chi connectivity index (χ2v) is 9.83. The van der Waals surface area contributed by atoms with Crippen LogP contribution in [0.2, 0.25) is 0 Å². The Morgan fingerprint density at radius 2 is 1.74 bits per heavy atom. The highest BCUT2D eigenvalue weighted by Crippen LogP contribution is 2.21. The molecule has 0 unspecified atom stereocenters. The molecule has 34 heavy (non-hydrogen) atoms. The van der Waals surface area contributed by atoms with Gasteiger partial charge in [0.15, 0.2) is 0 Å². The summed E-state index contributed by atoms with van der Waals surface area (Å²) in [5.41, 5.74) is 2.83. The SMILES string of the molecule is CC(C)(C)ONC(=O)N1CCC(NC(=O)[C@H]2CC[C@@H](O)CN2C(=O)OCc2ccccc2)CC1. The molecule has 2 saturated heterocycles. The number of piperidine rings is 2. The summed E-state index contributed by atoms with van der Waals surface area (Å²) in [6.07, 6.45) is 0.690. The van der Waals surface area contributed by atoms with Crippen molar-refractivity contribution in [2.45, 2.75) is 76.9 Å². The van der Waals surface area contributed by atoms with Crippen LogP contribution < -0.4 is 10.8 Å². The number of rotatable bonds is 5. The van der Waals surface area contributed by atoms with Crippen molar-refractivity contribution in [2.24, 2.45) is 0 Å². The van der Waals surface area contributed by atoms with Gasteiger partial charge in [-0.3, -0.25) is 14.5 Å². The van der Waals surface area contributed by atoms with E-state index in [-0.39, 0.29) is 31.1 Å². The maximum atomic E-state index is 13.0. The number of nitrogens with zero attached hydrogens (tertiary/aromatic N) is 2. The Morgan fingerprint density at radius 3 is 2.38 bits per heavy atom. The first-order valence-corrected chi connectivity index (χ1v) is 11.8. The highest BCUT2D eigenvalue weighted by Gasteiger charge is 2.37. The van der Waals surface area contributed by atoms with Gasteiger partial charge in [0.1, 0.15) is 12.6 Å². The summed E-state index contributed by atoms with van der Waals surface area (Å²) in [5, 5.41) is 13.1. The van der Waals surface area contributed by atoms with Crippen molar-refractivity contribution in [1.29, 1.82) is 0 Å². The van der Waals surface area contributed by atoms with E-state index in [1.54, 1.807) is 4.90 Å². The van der Waals surface area contributed by atoms with Gasteiger partial charge in [0.2, 0.25) is 5.91 Å². The van der Waals surface area contributed by atoms with Crippen molar-refractivity contribution in [3.05, 3.63) is 35.9 Å². The highest BCUT2D eigenvalue weighted by atomic mass is 16.7. The van der Waals surface area contributed by atoms with E-state index in [1.165, 1.54) is 4.90 Å². The van der Waals surface area contributed by atoms with Gasteiger partial charge in [-0.2, -0.15) is 0 Å². The van der Waals surface area contributed by atoms with Gasteiger partial charge < -0.3 is 20.1 Å². The fraction of sp³-hybridized carbons (Fsp3) is 0.625. The lowest BCUT2D eigenvalue weighted by atomic mass is 9.98. The molecule has 2 aliphatic rings. The first-order valence-electron chi connectivity index (χ1n) is 11.8. The van der Waals surface area contributed by atoms with Gasteiger partial charge in [-0.05, 0) is 52.0 Å². The number of hydroxylamine groups is 1. The number of amides is 4. The Hall–Kier alpha value is -2.85. The molecule has 2 fully saturated rings. The minimum atomic E-state index is -0.701. The summed E-state index contributed by atoms with van der Waals surface area (Å²) >= 11 is 0. The van der Waals surface area contributed by atoms with E-state index in [1.807, 2.05) is 51.1 Å². The van der Waals surface area contributed by atoms with Crippen LogP contribution in [0.5, 0.6) is 0 Å². The van der Waals surface area contributed by atoms with Gasteiger partial charge in [-0.15, -0.1) is 0 Å². The lowest BCUT2D eigenvalue weighted by molar-refractivity contribution is -0.129. The molecule has 3 N–H and O–H groups in total. The minimum absolute atomic E-state index is 0.0537. The van der Waals surface area contributed by atoms with Crippen molar-refractivity contribution in [3.63, 3.8) is 0 Å². The van der Waals surface area contributed by atoms with E-state index in [0.29, 0.717) is 38.8 Å². The molecule has 0 spiro atoms. The molecule has 10 nitrogen and oxygen atoms in total. The fourth-order valence-corrected chi connectivity index (χ4v) is 4.01. The quantitative estimate of drug-likeness (QED) is 0.560. The Morgan fingerprint density at radius 1 is 1.06 bits per heavy atom. The summed E-state index contributed by atoms with van der Waals surface area (Å²) in [7, 11) is 0. The van der Waals surface area contributed by atoms with Gasteiger partial charge in [0, 0.05) is 19.1 Å². The van der Waals surface area contributed by atoms with Crippen molar-refractivity contribution < 1.29 is 29.1 Å². The van der Waals surface area contributed by atoms with Gasteiger partial charge >= 0.3 is 12.1 Å². The number of benzene rings is 1. The number of likely N-dealkylation sites (tertiary alicyclic amines) is 2. The number of aliphatic hydroxyl groups is 1. The number of aliphatic hydroxyl groups excluding tert-OH is 1. The summed E-state index contributed by atoms with van der Waals surface area (Å²) in [5.74, 6) is -0.262. The number of carbonyl (C=O) groups excluding carboxylic acids is 3. The Kier molecular flexibility index (Phi) is 8.73. The second-order valence-electron chi connectivity index (χ2n) is 9.83. The number of hydrogen-bond donors (Lipinski definition) is 3. The van der Waals surface area contributed by atoms with Crippen LogP contribution in [0.3, 0.4) is 0 Å². The lowest BCUT2D eigenvalue weighted by Gasteiger charge is -2.38. The first kappa shape index (κ1) is 25.8. The number of β-amino-alcohol motifs (C(OH)–C–C–N with tert-alkyl or cyclic N) is 1. The van der Waals surface area contributed by atoms with Crippen LogP contribution in [0.4, 0.5) is 9.59 Å². The smallest absolute Gasteiger partial charge is 0.410 e. The van der Waals surface area contributed by atoms with Gasteiger partial charge in [0.05, 0.1) is 18.2 Å². The topological polar surface area (TPSA) is 120 Å². The molecule has 1 aromatic rings. The zero-order valence-corrected chi connectivity index (χ0v) is 20.2. The summed E-state index contributed by atoms with van der Waals surface area (Å²) in [4.78, 5) is 46.3. The fourth-order valence-electron chi connectivity index (χ4n) is 4.01. The van der Waals surface area contributed by atoms with E-state index < -0.39 is 23.8 Å². The van der Waals surface area contributed by atoms with Crippen molar-refractivity contribution in [1.82, 2.24) is 20.6 Å². The zero-order valence-electron chi connectivity index (χ0n) is 20.2. The molecule has 3 rings (SSSR count). The van der Waals surface area contributed by atoms with Crippen LogP contribution in [0.15, 0.2) is 30.3 Å². The zero-order chi connectivity index (χ0) is 24.7. The van der Waals surface area contributed by atoms with Crippen molar-refractivity contribution in [3.8, 4) is 0 Å². The highest BCUT2D eigenvalue weighted by molar-refractivity contribution is 5.86. The molecule has 0 aliphatic carbocycles. The Balaban J connectivity index is 1.49. The normalized spacial score (nSPS) is 21.6. The number of nitrogens with one attached hydrogen (secondary N) is 2. The van der Waals surface area contributed by atoms with E-state index in [2.05, 4.69) is 10.8 Å².